The van der Waals surface area contributed by atoms with Gasteiger partial charge in [-0.1, -0.05) is 41.4 Å². The topological polar surface area (TPSA) is 29.3 Å². The number of halogens is 1. The van der Waals surface area contributed by atoms with Gasteiger partial charge in [0.05, 0.1) is 6.04 Å². The van der Waals surface area contributed by atoms with E-state index in [1.807, 2.05) is 0 Å². The Morgan fingerprint density at radius 3 is 2.84 bits per heavy atom. The van der Waals surface area contributed by atoms with Gasteiger partial charge in [-0.25, -0.2) is 0 Å². The van der Waals surface area contributed by atoms with Crippen molar-refractivity contribution in [3.63, 3.8) is 0 Å². The highest BCUT2D eigenvalue weighted by atomic mass is 79.9. The fourth-order valence-corrected chi connectivity index (χ4v) is 3.55. The summed E-state index contributed by atoms with van der Waals surface area (Å²) in [6.07, 6.45) is 4.96. The molecular formula is C16H25BrN2. The van der Waals surface area contributed by atoms with Crippen LogP contribution in [0, 0.1) is 0 Å². The third-order valence-electron chi connectivity index (χ3n) is 4.28. The summed E-state index contributed by atoms with van der Waals surface area (Å²) in [6.45, 7) is 5.70. The highest BCUT2D eigenvalue weighted by Crippen LogP contribution is 2.32. The minimum absolute atomic E-state index is 0.204. The predicted octanol–water partition coefficient (Wildman–Crippen LogP) is 4.10. The molecular weight excluding hydrogens is 300 g/mol. The molecule has 3 atom stereocenters. The van der Waals surface area contributed by atoms with E-state index in [1.165, 1.54) is 31.4 Å². The summed E-state index contributed by atoms with van der Waals surface area (Å²) in [5, 5.41) is 0. The second-order valence-corrected chi connectivity index (χ2v) is 6.57. The van der Waals surface area contributed by atoms with Crippen molar-refractivity contribution in [3.05, 3.63) is 34.3 Å². The zero-order valence-electron chi connectivity index (χ0n) is 12.0. The molecule has 1 aliphatic rings. The SMILES string of the molecule is CCC(N)C(c1cccc(Br)c1)N1CCCCC1C. The summed E-state index contributed by atoms with van der Waals surface area (Å²) < 4.78 is 1.14. The van der Waals surface area contributed by atoms with Crippen LogP contribution in [0.2, 0.25) is 0 Å². The number of nitrogens with zero attached hydrogens (tertiary/aromatic N) is 1. The first-order valence-corrected chi connectivity index (χ1v) is 8.19. The van der Waals surface area contributed by atoms with Crippen molar-refractivity contribution >= 4 is 15.9 Å². The van der Waals surface area contributed by atoms with Crippen LogP contribution in [-0.4, -0.2) is 23.5 Å². The summed E-state index contributed by atoms with van der Waals surface area (Å²) in [5.41, 5.74) is 7.78. The van der Waals surface area contributed by atoms with Gasteiger partial charge in [0.25, 0.3) is 0 Å². The van der Waals surface area contributed by atoms with Crippen molar-refractivity contribution in [3.8, 4) is 0 Å². The zero-order valence-corrected chi connectivity index (χ0v) is 13.6. The maximum Gasteiger partial charge on any atom is 0.0502 e. The Kier molecular flexibility index (Phi) is 5.43. The largest absolute Gasteiger partial charge is 0.326 e. The lowest BCUT2D eigenvalue weighted by atomic mass is 9.92. The Morgan fingerprint density at radius 1 is 1.42 bits per heavy atom. The second-order valence-electron chi connectivity index (χ2n) is 5.65. The molecule has 1 aliphatic heterocycles. The minimum atomic E-state index is 0.204. The molecule has 1 heterocycles. The standard InChI is InChI=1S/C16H25BrN2/c1-3-15(18)16(13-8-6-9-14(17)11-13)19-10-5-4-7-12(19)2/h6,8-9,11-12,15-16H,3-5,7,10,18H2,1-2H3. The van der Waals surface area contributed by atoms with Gasteiger partial charge >= 0.3 is 0 Å². The first-order valence-electron chi connectivity index (χ1n) is 7.40. The summed E-state index contributed by atoms with van der Waals surface area (Å²) in [4.78, 5) is 2.61. The molecule has 2 rings (SSSR count). The van der Waals surface area contributed by atoms with Crippen LogP contribution in [0.3, 0.4) is 0 Å². The van der Waals surface area contributed by atoms with Crippen molar-refractivity contribution < 1.29 is 0 Å². The average Bonchev–Trinajstić information content (AvgIpc) is 2.41. The van der Waals surface area contributed by atoms with Crippen LogP contribution in [0.5, 0.6) is 0 Å². The van der Waals surface area contributed by atoms with Crippen molar-refractivity contribution in [2.24, 2.45) is 5.73 Å². The van der Waals surface area contributed by atoms with E-state index in [0.717, 1.165) is 10.9 Å². The lowest BCUT2D eigenvalue weighted by Gasteiger charge is -2.42. The summed E-state index contributed by atoms with van der Waals surface area (Å²) in [7, 11) is 0. The third-order valence-corrected chi connectivity index (χ3v) is 4.77. The van der Waals surface area contributed by atoms with Crippen molar-refractivity contribution in [1.29, 1.82) is 0 Å². The van der Waals surface area contributed by atoms with Gasteiger partial charge in [0.1, 0.15) is 0 Å². The Balaban J connectivity index is 2.29. The van der Waals surface area contributed by atoms with Crippen molar-refractivity contribution in [2.75, 3.05) is 6.54 Å². The van der Waals surface area contributed by atoms with Gasteiger partial charge in [0.15, 0.2) is 0 Å². The van der Waals surface area contributed by atoms with Crippen LogP contribution >= 0.6 is 15.9 Å². The van der Waals surface area contributed by atoms with Crippen LogP contribution < -0.4 is 5.73 Å². The smallest absolute Gasteiger partial charge is 0.0502 e. The molecule has 0 aliphatic carbocycles. The molecule has 0 amide bonds. The molecule has 1 saturated heterocycles. The monoisotopic (exact) mass is 324 g/mol. The number of benzene rings is 1. The molecule has 1 fully saturated rings. The Morgan fingerprint density at radius 2 is 2.21 bits per heavy atom. The quantitative estimate of drug-likeness (QED) is 0.903. The summed E-state index contributed by atoms with van der Waals surface area (Å²) in [6, 6.07) is 9.82. The maximum absolute atomic E-state index is 6.44. The van der Waals surface area contributed by atoms with Crippen LogP contribution in [-0.2, 0) is 0 Å². The van der Waals surface area contributed by atoms with E-state index in [2.05, 4.69) is 58.9 Å². The number of likely N-dealkylation sites (tertiary alicyclic amines) is 1. The molecule has 19 heavy (non-hydrogen) atoms. The first kappa shape index (κ1) is 15.0. The van der Waals surface area contributed by atoms with Crippen LogP contribution in [0.4, 0.5) is 0 Å². The fourth-order valence-electron chi connectivity index (χ4n) is 3.13. The molecule has 0 aromatic heterocycles. The molecule has 0 spiro atoms. The Labute approximate surface area is 125 Å². The third kappa shape index (κ3) is 3.59. The molecule has 106 valence electrons. The molecule has 1 aromatic carbocycles. The van der Waals surface area contributed by atoms with E-state index < -0.39 is 0 Å². The molecule has 0 saturated carbocycles. The summed E-state index contributed by atoms with van der Waals surface area (Å²) >= 11 is 3.58. The molecule has 3 heteroatoms. The van der Waals surface area contributed by atoms with Crippen LogP contribution in [0.25, 0.3) is 0 Å². The average molecular weight is 325 g/mol. The highest BCUT2D eigenvalue weighted by Gasteiger charge is 2.30. The van der Waals surface area contributed by atoms with Crippen LogP contribution in [0.15, 0.2) is 28.7 Å². The molecule has 1 aromatic rings. The number of hydrogen-bond donors (Lipinski definition) is 1. The minimum Gasteiger partial charge on any atom is -0.326 e. The van der Waals surface area contributed by atoms with E-state index >= 15 is 0 Å². The van der Waals surface area contributed by atoms with Gasteiger partial charge in [-0.05, 0) is 50.4 Å². The zero-order chi connectivity index (χ0) is 13.8. The van der Waals surface area contributed by atoms with Crippen LogP contribution in [0.1, 0.15) is 51.1 Å². The maximum atomic E-state index is 6.44. The van der Waals surface area contributed by atoms with E-state index in [1.54, 1.807) is 0 Å². The lowest BCUT2D eigenvalue weighted by molar-refractivity contribution is 0.0880. The number of nitrogens with two attached hydrogens (primary N) is 1. The lowest BCUT2D eigenvalue weighted by Crippen LogP contribution is -2.47. The van der Waals surface area contributed by atoms with Gasteiger partial charge in [-0.15, -0.1) is 0 Å². The molecule has 0 radical (unpaired) electrons. The Hall–Kier alpha value is -0.380. The van der Waals surface area contributed by atoms with Gasteiger partial charge in [-0.2, -0.15) is 0 Å². The Bertz CT molecular complexity index is 407. The number of piperidine rings is 1. The first-order chi connectivity index (χ1) is 9.13. The van der Waals surface area contributed by atoms with Gasteiger partial charge in [-0.3, -0.25) is 4.90 Å². The van der Waals surface area contributed by atoms with Gasteiger partial charge in [0, 0.05) is 16.6 Å². The number of rotatable bonds is 4. The highest BCUT2D eigenvalue weighted by molar-refractivity contribution is 9.10. The molecule has 2 nitrogen and oxygen atoms in total. The van der Waals surface area contributed by atoms with E-state index in [9.17, 15) is 0 Å². The van der Waals surface area contributed by atoms with E-state index in [-0.39, 0.29) is 6.04 Å². The van der Waals surface area contributed by atoms with Crippen molar-refractivity contribution in [1.82, 2.24) is 4.90 Å². The number of hydrogen-bond acceptors (Lipinski definition) is 2. The van der Waals surface area contributed by atoms with Crippen molar-refractivity contribution in [2.45, 2.75) is 57.7 Å². The second kappa shape index (κ2) is 6.87. The molecule has 2 N–H and O–H groups in total. The summed E-state index contributed by atoms with van der Waals surface area (Å²) in [5.74, 6) is 0. The fraction of sp³-hybridized carbons (Fsp3) is 0.625. The van der Waals surface area contributed by atoms with Gasteiger partial charge < -0.3 is 5.73 Å². The van der Waals surface area contributed by atoms with Gasteiger partial charge in [0.2, 0.25) is 0 Å². The molecule has 3 unspecified atom stereocenters. The van der Waals surface area contributed by atoms with E-state index in [4.69, 9.17) is 5.73 Å². The van der Waals surface area contributed by atoms with E-state index in [0.29, 0.717) is 12.1 Å². The normalized spacial score (nSPS) is 24.1. The predicted molar refractivity (Wildman–Crippen MR) is 85.2 cm³/mol. The molecule has 0 bridgehead atoms.